The zero-order valence-corrected chi connectivity index (χ0v) is 8.25. The Balaban J connectivity index is 2.51. The van der Waals surface area contributed by atoms with Crippen LogP contribution in [0.2, 0.25) is 0 Å². The summed E-state index contributed by atoms with van der Waals surface area (Å²) in [7, 11) is 0. The minimum atomic E-state index is -0.735. The van der Waals surface area contributed by atoms with E-state index in [1.54, 1.807) is 6.07 Å². The minimum Gasteiger partial charge on any atom is -0.298 e. The second-order valence-corrected chi connectivity index (χ2v) is 3.77. The van der Waals surface area contributed by atoms with Gasteiger partial charge in [0.2, 0.25) is 5.24 Å². The first-order valence-electron chi connectivity index (χ1n) is 4.50. The first-order chi connectivity index (χ1) is 6.70. The van der Waals surface area contributed by atoms with E-state index in [1.165, 1.54) is 0 Å². The molecule has 1 atom stereocenters. The van der Waals surface area contributed by atoms with Crippen molar-refractivity contribution in [3.05, 3.63) is 35.4 Å². The number of fused-ring (bicyclic) bond motifs is 1. The quantitative estimate of drug-likeness (QED) is 0.523. The monoisotopic (exact) mass is 208 g/mol. The molecule has 0 aromatic heterocycles. The Hall–Kier alpha value is -1.15. The molecule has 2 nitrogen and oxygen atoms in total. The van der Waals surface area contributed by atoms with Gasteiger partial charge >= 0.3 is 0 Å². The Morgan fingerprint density at radius 3 is 2.71 bits per heavy atom. The summed E-state index contributed by atoms with van der Waals surface area (Å²) in [4.78, 5) is 22.6. The van der Waals surface area contributed by atoms with Gasteiger partial charge < -0.3 is 0 Å². The Bertz CT molecular complexity index is 398. The van der Waals surface area contributed by atoms with Crippen molar-refractivity contribution in [2.75, 3.05) is 0 Å². The molecule has 72 valence electrons. The van der Waals surface area contributed by atoms with Crippen LogP contribution in [0.15, 0.2) is 24.3 Å². The van der Waals surface area contributed by atoms with Gasteiger partial charge in [0.1, 0.15) is 11.7 Å². The van der Waals surface area contributed by atoms with Crippen molar-refractivity contribution in [3.8, 4) is 0 Å². The van der Waals surface area contributed by atoms with Gasteiger partial charge in [-0.1, -0.05) is 24.3 Å². The summed E-state index contributed by atoms with van der Waals surface area (Å²) in [5.41, 5.74) is 1.84. The maximum absolute atomic E-state index is 11.5. The van der Waals surface area contributed by atoms with E-state index in [-0.39, 0.29) is 5.78 Å². The summed E-state index contributed by atoms with van der Waals surface area (Å²) in [6.45, 7) is 0. The summed E-state index contributed by atoms with van der Waals surface area (Å²) in [5, 5.41) is -0.567. The van der Waals surface area contributed by atoms with E-state index in [9.17, 15) is 9.59 Å². The topological polar surface area (TPSA) is 34.1 Å². The van der Waals surface area contributed by atoms with E-state index in [1.807, 2.05) is 18.2 Å². The molecule has 0 saturated heterocycles. The lowest BCUT2D eigenvalue weighted by atomic mass is 9.83. The van der Waals surface area contributed by atoms with Crippen LogP contribution in [0.1, 0.15) is 23.5 Å². The van der Waals surface area contributed by atoms with Crippen LogP contribution in [0.5, 0.6) is 0 Å². The molecule has 0 bridgehead atoms. The van der Waals surface area contributed by atoms with E-state index in [2.05, 4.69) is 0 Å². The minimum absolute atomic E-state index is 0.0660. The molecule has 1 aliphatic rings. The highest BCUT2D eigenvalue weighted by atomic mass is 35.5. The van der Waals surface area contributed by atoms with Crippen molar-refractivity contribution >= 4 is 22.6 Å². The standard InChI is InChI=1S/C11H9ClO2/c12-11(14)10-8-4-2-1-3-7(8)5-6-9(10)13/h1-4,10H,5-6H2. The summed E-state index contributed by atoms with van der Waals surface area (Å²) in [6, 6.07) is 7.47. The Kier molecular flexibility index (Phi) is 2.38. The number of halogens is 1. The molecular weight excluding hydrogens is 200 g/mol. The first kappa shape index (κ1) is 9.41. The lowest BCUT2D eigenvalue weighted by molar-refractivity contribution is -0.126. The third kappa shape index (κ3) is 1.46. The Labute approximate surface area is 86.9 Å². The fourth-order valence-corrected chi connectivity index (χ4v) is 2.11. The molecule has 0 N–H and O–H groups in total. The highest BCUT2D eigenvalue weighted by Crippen LogP contribution is 2.30. The molecule has 0 aliphatic heterocycles. The van der Waals surface area contributed by atoms with Crippen LogP contribution in [0.25, 0.3) is 0 Å². The fourth-order valence-electron chi connectivity index (χ4n) is 1.87. The van der Waals surface area contributed by atoms with Crippen LogP contribution in [0.4, 0.5) is 0 Å². The number of carbonyl (C=O) groups is 2. The molecule has 0 fully saturated rings. The van der Waals surface area contributed by atoms with E-state index < -0.39 is 11.2 Å². The summed E-state index contributed by atoms with van der Waals surface area (Å²) in [5.74, 6) is -0.801. The van der Waals surface area contributed by atoms with Crippen LogP contribution in [-0.2, 0) is 16.0 Å². The third-order valence-corrected chi connectivity index (χ3v) is 2.77. The van der Waals surface area contributed by atoms with Crippen molar-refractivity contribution in [1.82, 2.24) is 0 Å². The molecule has 0 saturated carbocycles. The van der Waals surface area contributed by atoms with Crippen molar-refractivity contribution in [3.63, 3.8) is 0 Å². The highest BCUT2D eigenvalue weighted by molar-refractivity contribution is 6.66. The maximum Gasteiger partial charge on any atom is 0.236 e. The summed E-state index contributed by atoms with van der Waals surface area (Å²) >= 11 is 5.42. The average Bonchev–Trinajstić information content (AvgIpc) is 2.17. The highest BCUT2D eigenvalue weighted by Gasteiger charge is 2.31. The van der Waals surface area contributed by atoms with Crippen molar-refractivity contribution in [2.45, 2.75) is 18.8 Å². The number of aryl methyl sites for hydroxylation is 1. The number of ketones is 1. The number of hydrogen-bond acceptors (Lipinski definition) is 2. The molecule has 0 radical (unpaired) electrons. The van der Waals surface area contributed by atoms with Crippen molar-refractivity contribution < 1.29 is 9.59 Å². The van der Waals surface area contributed by atoms with E-state index in [0.29, 0.717) is 6.42 Å². The van der Waals surface area contributed by atoms with Gasteiger partial charge in [-0.3, -0.25) is 9.59 Å². The fraction of sp³-hybridized carbons (Fsp3) is 0.273. The number of Topliss-reactive ketones (excluding diaryl/α,β-unsaturated/α-hetero) is 1. The SMILES string of the molecule is O=C(Cl)C1C(=O)CCc2ccccc21. The zero-order chi connectivity index (χ0) is 10.1. The van der Waals surface area contributed by atoms with Gasteiger partial charge in [-0.2, -0.15) is 0 Å². The molecular formula is C11H9ClO2. The van der Waals surface area contributed by atoms with E-state index in [4.69, 9.17) is 11.6 Å². The van der Waals surface area contributed by atoms with Gasteiger partial charge in [-0.15, -0.1) is 0 Å². The van der Waals surface area contributed by atoms with Gasteiger partial charge in [0.25, 0.3) is 0 Å². The van der Waals surface area contributed by atoms with Crippen LogP contribution in [-0.4, -0.2) is 11.0 Å². The Morgan fingerprint density at radius 1 is 1.29 bits per heavy atom. The first-order valence-corrected chi connectivity index (χ1v) is 4.88. The summed E-state index contributed by atoms with van der Waals surface area (Å²) in [6.07, 6.45) is 1.13. The largest absolute Gasteiger partial charge is 0.298 e. The second-order valence-electron chi connectivity index (χ2n) is 3.40. The van der Waals surface area contributed by atoms with Gasteiger partial charge in [-0.25, -0.2) is 0 Å². The van der Waals surface area contributed by atoms with Crippen LogP contribution in [0, 0.1) is 0 Å². The molecule has 1 aliphatic carbocycles. The molecule has 0 amide bonds. The molecule has 1 aromatic carbocycles. The number of carbonyl (C=O) groups excluding carboxylic acids is 2. The predicted octanol–water partition coefficient (Wildman–Crippen LogP) is 2.05. The lowest BCUT2D eigenvalue weighted by Crippen LogP contribution is -2.24. The van der Waals surface area contributed by atoms with E-state index in [0.717, 1.165) is 17.5 Å². The number of hydrogen-bond donors (Lipinski definition) is 0. The van der Waals surface area contributed by atoms with Crippen LogP contribution < -0.4 is 0 Å². The van der Waals surface area contributed by atoms with Crippen LogP contribution >= 0.6 is 11.6 Å². The molecule has 2 rings (SSSR count). The smallest absolute Gasteiger partial charge is 0.236 e. The average molecular weight is 209 g/mol. The molecule has 0 spiro atoms. The maximum atomic E-state index is 11.5. The normalized spacial score (nSPS) is 20.4. The van der Waals surface area contributed by atoms with E-state index >= 15 is 0 Å². The molecule has 0 heterocycles. The Morgan fingerprint density at radius 2 is 2.00 bits per heavy atom. The van der Waals surface area contributed by atoms with Crippen molar-refractivity contribution in [2.24, 2.45) is 0 Å². The number of rotatable bonds is 1. The molecule has 14 heavy (non-hydrogen) atoms. The van der Waals surface area contributed by atoms with Gasteiger partial charge in [0.15, 0.2) is 0 Å². The third-order valence-electron chi connectivity index (χ3n) is 2.56. The number of benzene rings is 1. The second kappa shape index (κ2) is 3.54. The summed E-state index contributed by atoms with van der Waals surface area (Å²) < 4.78 is 0. The van der Waals surface area contributed by atoms with Gasteiger partial charge in [-0.05, 0) is 29.1 Å². The lowest BCUT2D eigenvalue weighted by Gasteiger charge is -2.20. The zero-order valence-electron chi connectivity index (χ0n) is 7.50. The molecule has 3 heteroatoms. The molecule has 1 aromatic rings. The van der Waals surface area contributed by atoms with Gasteiger partial charge in [0, 0.05) is 6.42 Å². The van der Waals surface area contributed by atoms with Crippen molar-refractivity contribution in [1.29, 1.82) is 0 Å². The van der Waals surface area contributed by atoms with Crippen LogP contribution in [0.3, 0.4) is 0 Å². The molecule has 1 unspecified atom stereocenters. The predicted molar refractivity (Wildman–Crippen MR) is 53.4 cm³/mol. The van der Waals surface area contributed by atoms with Gasteiger partial charge in [0.05, 0.1) is 0 Å².